The van der Waals surface area contributed by atoms with Crippen LogP contribution in [0.2, 0.25) is 0 Å². The van der Waals surface area contributed by atoms with E-state index in [-0.39, 0.29) is 17.4 Å². The number of nitrogens with one attached hydrogen (secondary N) is 3. The van der Waals surface area contributed by atoms with Crippen LogP contribution in [0.3, 0.4) is 0 Å². The van der Waals surface area contributed by atoms with E-state index in [1.807, 2.05) is 32.0 Å². The summed E-state index contributed by atoms with van der Waals surface area (Å²) in [7, 11) is 0. The predicted molar refractivity (Wildman–Crippen MR) is 117 cm³/mol. The molecule has 1 fully saturated rings. The fourth-order valence-electron chi connectivity index (χ4n) is 3.23. The van der Waals surface area contributed by atoms with Crippen molar-refractivity contribution in [2.75, 3.05) is 26.2 Å². The van der Waals surface area contributed by atoms with Crippen LogP contribution in [0.1, 0.15) is 53.0 Å². The maximum Gasteiger partial charge on any atom is 0.325 e. The van der Waals surface area contributed by atoms with Crippen LogP contribution in [0.4, 0.5) is 4.79 Å². The van der Waals surface area contributed by atoms with Gasteiger partial charge in [0, 0.05) is 25.0 Å². The van der Waals surface area contributed by atoms with Gasteiger partial charge in [-0.15, -0.1) is 0 Å². The van der Waals surface area contributed by atoms with Crippen LogP contribution in [-0.2, 0) is 10.2 Å². The van der Waals surface area contributed by atoms with Crippen molar-refractivity contribution in [1.29, 1.82) is 0 Å². The Hall–Kier alpha value is -2.57. The maximum absolute atomic E-state index is 12.4. The second-order valence-corrected chi connectivity index (χ2v) is 8.30. The van der Waals surface area contributed by atoms with Crippen LogP contribution in [0.25, 0.3) is 0 Å². The average molecular weight is 402 g/mol. The third-order valence-electron chi connectivity index (χ3n) is 5.44. The van der Waals surface area contributed by atoms with Gasteiger partial charge in [0.25, 0.3) is 5.91 Å². The normalized spacial score (nSPS) is 20.0. The summed E-state index contributed by atoms with van der Waals surface area (Å²) in [6.07, 6.45) is 1.24. The van der Waals surface area contributed by atoms with E-state index < -0.39 is 5.54 Å². The summed E-state index contributed by atoms with van der Waals surface area (Å²) >= 11 is 0. The van der Waals surface area contributed by atoms with Gasteiger partial charge in [-0.3, -0.25) is 14.7 Å². The molecule has 160 valence electrons. The Morgan fingerprint density at radius 1 is 1.17 bits per heavy atom. The molecule has 0 radical (unpaired) electrons. The van der Waals surface area contributed by atoms with Crippen molar-refractivity contribution in [3.05, 3.63) is 35.9 Å². The van der Waals surface area contributed by atoms with Crippen LogP contribution in [-0.4, -0.2) is 54.5 Å². The molecular weight excluding hydrogens is 366 g/mol. The van der Waals surface area contributed by atoms with Gasteiger partial charge in [-0.05, 0) is 32.3 Å². The number of imide groups is 1. The number of nitrogens with zero attached hydrogens (tertiary/aromatic N) is 2. The third kappa shape index (κ3) is 5.71. The van der Waals surface area contributed by atoms with Crippen molar-refractivity contribution < 1.29 is 9.59 Å². The first-order valence-electron chi connectivity index (χ1n) is 10.5. The molecule has 7 heteroatoms. The highest BCUT2D eigenvalue weighted by atomic mass is 16.2. The highest BCUT2D eigenvalue weighted by Crippen LogP contribution is 2.23. The molecular formula is C22H35N5O2. The molecule has 1 aromatic rings. The minimum absolute atomic E-state index is 0.0751. The van der Waals surface area contributed by atoms with E-state index in [0.717, 1.165) is 12.5 Å². The molecule has 3 N–H and O–H groups in total. The van der Waals surface area contributed by atoms with Gasteiger partial charge in [0.15, 0.2) is 5.96 Å². The number of guanidine groups is 1. The topological polar surface area (TPSA) is 85.8 Å². The minimum atomic E-state index is -0.774. The Bertz CT molecular complexity index is 732. The highest BCUT2D eigenvalue weighted by molar-refractivity contribution is 6.06. The Morgan fingerprint density at radius 3 is 2.45 bits per heavy atom. The highest BCUT2D eigenvalue weighted by Gasteiger charge is 2.45. The summed E-state index contributed by atoms with van der Waals surface area (Å²) in [6.45, 7) is 12.5. The van der Waals surface area contributed by atoms with Crippen LogP contribution < -0.4 is 16.0 Å². The van der Waals surface area contributed by atoms with Crippen LogP contribution in [0.15, 0.2) is 35.3 Å². The Kier molecular flexibility index (Phi) is 7.65. The van der Waals surface area contributed by atoms with E-state index in [9.17, 15) is 9.59 Å². The lowest BCUT2D eigenvalue weighted by Crippen LogP contribution is -2.43. The van der Waals surface area contributed by atoms with E-state index in [0.29, 0.717) is 32.5 Å². The Morgan fingerprint density at radius 2 is 1.86 bits per heavy atom. The van der Waals surface area contributed by atoms with Crippen molar-refractivity contribution in [3.8, 4) is 0 Å². The Balaban J connectivity index is 1.87. The van der Waals surface area contributed by atoms with E-state index >= 15 is 0 Å². The number of amides is 3. The molecule has 1 saturated heterocycles. The van der Waals surface area contributed by atoms with Crippen molar-refractivity contribution in [3.63, 3.8) is 0 Å². The predicted octanol–water partition coefficient (Wildman–Crippen LogP) is 2.63. The summed E-state index contributed by atoms with van der Waals surface area (Å²) in [5.74, 6) is 0.599. The monoisotopic (exact) mass is 401 g/mol. The van der Waals surface area contributed by atoms with Gasteiger partial charge < -0.3 is 16.0 Å². The Labute approximate surface area is 174 Å². The zero-order chi connectivity index (χ0) is 21.5. The lowest BCUT2D eigenvalue weighted by atomic mass is 9.85. The first-order valence-corrected chi connectivity index (χ1v) is 10.5. The van der Waals surface area contributed by atoms with Crippen molar-refractivity contribution >= 4 is 17.9 Å². The van der Waals surface area contributed by atoms with Crippen LogP contribution >= 0.6 is 0 Å². The minimum Gasteiger partial charge on any atom is -0.357 e. The fourth-order valence-corrected chi connectivity index (χ4v) is 3.23. The molecule has 0 spiro atoms. The second kappa shape index (κ2) is 9.76. The quantitative estimate of drug-likeness (QED) is 0.257. The number of carbonyl (C=O) groups is 2. The molecule has 0 aromatic heterocycles. The van der Waals surface area contributed by atoms with E-state index in [1.54, 1.807) is 6.92 Å². The van der Waals surface area contributed by atoms with Crippen LogP contribution in [0.5, 0.6) is 0 Å². The van der Waals surface area contributed by atoms with Gasteiger partial charge in [0.05, 0.1) is 6.54 Å². The molecule has 2 rings (SSSR count). The number of urea groups is 1. The lowest BCUT2D eigenvalue weighted by molar-refractivity contribution is -0.130. The molecule has 1 unspecified atom stereocenters. The number of rotatable bonds is 9. The van der Waals surface area contributed by atoms with Crippen molar-refractivity contribution in [2.45, 2.75) is 58.4 Å². The number of hydrogen-bond acceptors (Lipinski definition) is 3. The molecule has 1 aliphatic heterocycles. The zero-order valence-electron chi connectivity index (χ0n) is 18.3. The molecule has 0 bridgehead atoms. The smallest absolute Gasteiger partial charge is 0.325 e. The molecule has 3 amide bonds. The van der Waals surface area contributed by atoms with Crippen molar-refractivity contribution in [1.82, 2.24) is 20.9 Å². The lowest BCUT2D eigenvalue weighted by Gasteiger charge is -2.24. The summed E-state index contributed by atoms with van der Waals surface area (Å²) in [5.41, 5.74) is 0.398. The van der Waals surface area contributed by atoms with Crippen molar-refractivity contribution in [2.24, 2.45) is 4.99 Å². The van der Waals surface area contributed by atoms with E-state index in [4.69, 9.17) is 4.99 Å². The SMILES string of the molecule is CCNC(=NCC(C)(C)c1ccccc1)NCCCN1C(=O)NC(C)(CC)C1=O. The van der Waals surface area contributed by atoms with Gasteiger partial charge >= 0.3 is 6.03 Å². The number of aliphatic imine (C=N–C) groups is 1. The maximum atomic E-state index is 12.4. The molecule has 1 heterocycles. The molecule has 1 aromatic carbocycles. The van der Waals surface area contributed by atoms with Gasteiger partial charge in [0.1, 0.15) is 5.54 Å². The largest absolute Gasteiger partial charge is 0.357 e. The summed E-state index contributed by atoms with van der Waals surface area (Å²) < 4.78 is 0. The molecule has 29 heavy (non-hydrogen) atoms. The number of hydrogen-bond donors (Lipinski definition) is 3. The summed E-state index contributed by atoms with van der Waals surface area (Å²) in [6, 6.07) is 10.1. The van der Waals surface area contributed by atoms with Gasteiger partial charge in [-0.2, -0.15) is 0 Å². The van der Waals surface area contributed by atoms with E-state index in [1.165, 1.54) is 10.5 Å². The molecule has 1 atom stereocenters. The van der Waals surface area contributed by atoms with Gasteiger partial charge in [0.2, 0.25) is 0 Å². The molecule has 0 aliphatic carbocycles. The van der Waals surface area contributed by atoms with Gasteiger partial charge in [-0.25, -0.2) is 4.79 Å². The number of benzene rings is 1. The second-order valence-electron chi connectivity index (χ2n) is 8.30. The summed E-state index contributed by atoms with van der Waals surface area (Å²) in [5, 5.41) is 9.34. The molecule has 7 nitrogen and oxygen atoms in total. The average Bonchev–Trinajstić information content (AvgIpc) is 2.93. The summed E-state index contributed by atoms with van der Waals surface area (Å²) in [4.78, 5) is 30.6. The number of carbonyl (C=O) groups excluding carboxylic acids is 2. The third-order valence-corrected chi connectivity index (χ3v) is 5.44. The van der Waals surface area contributed by atoms with Gasteiger partial charge in [-0.1, -0.05) is 51.1 Å². The van der Waals surface area contributed by atoms with E-state index in [2.05, 4.69) is 41.9 Å². The molecule has 1 aliphatic rings. The van der Waals surface area contributed by atoms with Crippen LogP contribution in [0, 0.1) is 0 Å². The first kappa shape index (κ1) is 22.7. The standard InChI is InChI=1S/C22H35N5O2/c1-6-22(5)18(28)27(20(29)26-22)15-11-14-24-19(23-7-2)25-16-21(3,4)17-12-9-8-10-13-17/h8-10,12-13H,6-7,11,14-16H2,1-5H3,(H,26,29)(H2,23,24,25). The zero-order valence-corrected chi connectivity index (χ0v) is 18.3. The first-order chi connectivity index (χ1) is 13.7. The fraction of sp³-hybridized carbons (Fsp3) is 0.591. The molecule has 0 saturated carbocycles.